The molecule has 0 aliphatic rings. The number of carbonyl (C=O) groups excluding carboxylic acids is 4. The van der Waals surface area contributed by atoms with Crippen LogP contribution in [0, 0.1) is 0 Å². The molecule has 0 aromatic rings. The molecule has 0 radical (unpaired) electrons. The van der Waals surface area contributed by atoms with E-state index < -0.39 is 30.0 Å². The molecule has 0 aliphatic heterocycles. The molecular weight excluding hydrogens is 320 g/mol. The Morgan fingerprint density at radius 3 is 1.54 bits per heavy atom. The van der Waals surface area contributed by atoms with Gasteiger partial charge in [-0.25, -0.2) is 19.2 Å². The first kappa shape index (κ1) is 21.4. The highest BCUT2D eigenvalue weighted by molar-refractivity contribution is 5.92. The summed E-state index contributed by atoms with van der Waals surface area (Å²) in [4.78, 5) is 45.0. The molecule has 0 amide bonds. The quantitative estimate of drug-likeness (QED) is 0.330. The van der Waals surface area contributed by atoms with E-state index in [1.807, 2.05) is 0 Å². The SMILES string of the molecule is CCOC(=O)/C=C/C(=O)OCC(CC)OC(=O)/C=C/C(=O)OCC. The number of hydrogen-bond acceptors (Lipinski definition) is 8. The summed E-state index contributed by atoms with van der Waals surface area (Å²) in [6.07, 6.45) is 3.47. The Bertz CT molecular complexity index is 492. The van der Waals surface area contributed by atoms with Crippen molar-refractivity contribution in [2.24, 2.45) is 0 Å². The van der Waals surface area contributed by atoms with Gasteiger partial charge in [0.2, 0.25) is 0 Å². The molecule has 0 rings (SSSR count). The molecule has 8 heteroatoms. The predicted molar refractivity (Wildman–Crippen MR) is 82.7 cm³/mol. The number of hydrogen-bond donors (Lipinski definition) is 0. The molecule has 0 fully saturated rings. The van der Waals surface area contributed by atoms with E-state index in [0.717, 1.165) is 24.3 Å². The molecule has 134 valence electrons. The van der Waals surface area contributed by atoms with Crippen LogP contribution in [0.5, 0.6) is 0 Å². The van der Waals surface area contributed by atoms with Crippen molar-refractivity contribution in [2.45, 2.75) is 33.3 Å². The van der Waals surface area contributed by atoms with Crippen LogP contribution in [-0.2, 0) is 38.1 Å². The Balaban J connectivity index is 4.27. The molecule has 0 saturated carbocycles. The van der Waals surface area contributed by atoms with Crippen LogP contribution >= 0.6 is 0 Å². The van der Waals surface area contributed by atoms with Crippen LogP contribution < -0.4 is 0 Å². The predicted octanol–water partition coefficient (Wildman–Crippen LogP) is 1.09. The highest BCUT2D eigenvalue weighted by atomic mass is 16.6. The minimum atomic E-state index is -0.764. The first-order valence-electron chi connectivity index (χ1n) is 7.49. The molecule has 0 spiro atoms. The molecule has 0 aromatic heterocycles. The maximum absolute atomic E-state index is 11.5. The van der Waals surface area contributed by atoms with Crippen molar-refractivity contribution in [3.05, 3.63) is 24.3 Å². The lowest BCUT2D eigenvalue weighted by atomic mass is 10.3. The lowest BCUT2D eigenvalue weighted by molar-refractivity contribution is -0.153. The second-order valence-electron chi connectivity index (χ2n) is 4.27. The van der Waals surface area contributed by atoms with Crippen LogP contribution in [0.15, 0.2) is 24.3 Å². The van der Waals surface area contributed by atoms with E-state index >= 15 is 0 Å². The third-order valence-corrected chi connectivity index (χ3v) is 2.43. The van der Waals surface area contributed by atoms with Crippen molar-refractivity contribution in [1.82, 2.24) is 0 Å². The number of esters is 4. The third-order valence-electron chi connectivity index (χ3n) is 2.43. The highest BCUT2D eigenvalue weighted by Gasteiger charge is 2.13. The largest absolute Gasteiger partial charge is 0.463 e. The first-order valence-corrected chi connectivity index (χ1v) is 7.49. The van der Waals surface area contributed by atoms with Gasteiger partial charge in [-0.15, -0.1) is 0 Å². The molecule has 0 aromatic carbocycles. The fourth-order valence-corrected chi connectivity index (χ4v) is 1.31. The zero-order valence-electron chi connectivity index (χ0n) is 14.0. The third kappa shape index (κ3) is 11.0. The van der Waals surface area contributed by atoms with E-state index in [2.05, 4.69) is 9.47 Å². The number of rotatable bonds is 10. The maximum atomic E-state index is 11.5. The highest BCUT2D eigenvalue weighted by Crippen LogP contribution is 2.01. The van der Waals surface area contributed by atoms with Crippen molar-refractivity contribution in [3.63, 3.8) is 0 Å². The van der Waals surface area contributed by atoms with Crippen LogP contribution in [0.4, 0.5) is 0 Å². The summed E-state index contributed by atoms with van der Waals surface area (Å²) in [5, 5.41) is 0. The van der Waals surface area contributed by atoms with Gasteiger partial charge in [-0.2, -0.15) is 0 Å². The smallest absolute Gasteiger partial charge is 0.331 e. The number of ether oxygens (including phenoxy) is 4. The number of carbonyl (C=O) groups is 4. The fourth-order valence-electron chi connectivity index (χ4n) is 1.31. The van der Waals surface area contributed by atoms with E-state index in [1.165, 1.54) is 0 Å². The van der Waals surface area contributed by atoms with E-state index in [9.17, 15) is 19.2 Å². The second kappa shape index (κ2) is 12.9. The van der Waals surface area contributed by atoms with Gasteiger partial charge in [-0.1, -0.05) is 6.92 Å². The lowest BCUT2D eigenvalue weighted by Gasteiger charge is -2.14. The fraction of sp³-hybridized carbons (Fsp3) is 0.500. The Hall–Kier alpha value is -2.64. The summed E-state index contributed by atoms with van der Waals surface area (Å²) in [5.74, 6) is -2.83. The summed E-state index contributed by atoms with van der Waals surface area (Å²) in [7, 11) is 0. The molecular formula is C16H22O8. The second-order valence-corrected chi connectivity index (χ2v) is 4.27. The monoisotopic (exact) mass is 342 g/mol. The standard InChI is InChI=1S/C16H22O8/c1-4-12(24-16(20)10-9-14(18)22-6-3)11-23-15(19)8-7-13(17)21-5-2/h7-10,12H,4-6,11H2,1-3H3/b8-7+,10-9+. The molecule has 0 N–H and O–H groups in total. The van der Waals surface area contributed by atoms with Crippen LogP contribution in [0.2, 0.25) is 0 Å². The Kier molecular flexibility index (Phi) is 11.4. The van der Waals surface area contributed by atoms with Gasteiger partial charge in [0.05, 0.1) is 13.2 Å². The van der Waals surface area contributed by atoms with Gasteiger partial charge in [0, 0.05) is 24.3 Å². The first-order chi connectivity index (χ1) is 11.4. The Labute approximate surface area is 140 Å². The normalized spacial score (nSPS) is 12.0. The topological polar surface area (TPSA) is 105 Å². The van der Waals surface area contributed by atoms with Crippen molar-refractivity contribution in [1.29, 1.82) is 0 Å². The van der Waals surface area contributed by atoms with Gasteiger partial charge < -0.3 is 18.9 Å². The molecule has 0 saturated heterocycles. The van der Waals surface area contributed by atoms with Gasteiger partial charge in [-0.05, 0) is 20.3 Å². The summed E-state index contributed by atoms with van der Waals surface area (Å²) in [5.41, 5.74) is 0. The van der Waals surface area contributed by atoms with Gasteiger partial charge in [0.1, 0.15) is 12.7 Å². The van der Waals surface area contributed by atoms with Crippen molar-refractivity contribution >= 4 is 23.9 Å². The van der Waals surface area contributed by atoms with E-state index in [0.29, 0.717) is 6.42 Å². The van der Waals surface area contributed by atoms with Crippen LogP contribution in [0.1, 0.15) is 27.2 Å². The average molecular weight is 342 g/mol. The molecule has 1 unspecified atom stereocenters. The molecule has 1 atom stereocenters. The lowest BCUT2D eigenvalue weighted by Crippen LogP contribution is -2.23. The van der Waals surface area contributed by atoms with Crippen LogP contribution in [-0.4, -0.2) is 49.8 Å². The van der Waals surface area contributed by atoms with Crippen molar-refractivity contribution < 1.29 is 38.1 Å². The molecule has 0 aliphatic carbocycles. The van der Waals surface area contributed by atoms with E-state index in [1.54, 1.807) is 20.8 Å². The Morgan fingerprint density at radius 2 is 1.12 bits per heavy atom. The van der Waals surface area contributed by atoms with Crippen LogP contribution in [0.25, 0.3) is 0 Å². The zero-order valence-corrected chi connectivity index (χ0v) is 14.0. The van der Waals surface area contributed by atoms with Crippen molar-refractivity contribution in [2.75, 3.05) is 19.8 Å². The van der Waals surface area contributed by atoms with Gasteiger partial charge in [0.25, 0.3) is 0 Å². The van der Waals surface area contributed by atoms with Gasteiger partial charge in [-0.3, -0.25) is 0 Å². The summed E-state index contributed by atoms with van der Waals surface area (Å²) in [6.45, 7) is 5.23. The molecule has 0 bridgehead atoms. The summed E-state index contributed by atoms with van der Waals surface area (Å²) >= 11 is 0. The summed E-state index contributed by atoms with van der Waals surface area (Å²) < 4.78 is 19.1. The maximum Gasteiger partial charge on any atom is 0.331 e. The minimum Gasteiger partial charge on any atom is -0.463 e. The molecule has 0 heterocycles. The van der Waals surface area contributed by atoms with Crippen molar-refractivity contribution in [3.8, 4) is 0 Å². The summed E-state index contributed by atoms with van der Waals surface area (Å²) in [6, 6.07) is 0. The average Bonchev–Trinajstić information content (AvgIpc) is 2.55. The van der Waals surface area contributed by atoms with Crippen LogP contribution in [0.3, 0.4) is 0 Å². The van der Waals surface area contributed by atoms with Gasteiger partial charge >= 0.3 is 23.9 Å². The molecule has 8 nitrogen and oxygen atoms in total. The minimum absolute atomic E-state index is 0.179. The zero-order chi connectivity index (χ0) is 18.4. The Morgan fingerprint density at radius 1 is 0.708 bits per heavy atom. The molecule has 24 heavy (non-hydrogen) atoms. The van der Waals surface area contributed by atoms with Gasteiger partial charge in [0.15, 0.2) is 0 Å². The van der Waals surface area contributed by atoms with E-state index in [-0.39, 0.29) is 19.8 Å². The van der Waals surface area contributed by atoms with E-state index in [4.69, 9.17) is 9.47 Å².